The van der Waals surface area contributed by atoms with E-state index in [1.807, 2.05) is 0 Å². The molecular formula is C18H15BrN2O4S. The Bertz CT molecular complexity index is 1000. The molecule has 8 heteroatoms. The normalized spacial score (nSPS) is 11.1. The zero-order chi connectivity index (χ0) is 18.6. The van der Waals surface area contributed by atoms with Crippen LogP contribution in [0, 0.1) is 0 Å². The predicted octanol–water partition coefficient (Wildman–Crippen LogP) is 3.77. The van der Waals surface area contributed by atoms with Gasteiger partial charge in [0.25, 0.3) is 15.9 Å². The Morgan fingerprint density at radius 1 is 1.00 bits per heavy atom. The summed E-state index contributed by atoms with van der Waals surface area (Å²) in [5.41, 5.74) is 0.423. The van der Waals surface area contributed by atoms with Gasteiger partial charge in [0.2, 0.25) is 0 Å². The minimum atomic E-state index is -3.81. The minimum absolute atomic E-state index is 0.103. The zero-order valence-corrected chi connectivity index (χ0v) is 15.9. The van der Waals surface area contributed by atoms with Crippen LogP contribution in [0.25, 0.3) is 0 Å². The van der Waals surface area contributed by atoms with Crippen molar-refractivity contribution in [2.24, 2.45) is 0 Å². The lowest BCUT2D eigenvalue weighted by atomic mass is 10.1. The molecule has 1 heterocycles. The quantitative estimate of drug-likeness (QED) is 0.617. The average Bonchev–Trinajstić information content (AvgIpc) is 3.14. The third-order valence-corrected chi connectivity index (χ3v) is 5.45. The van der Waals surface area contributed by atoms with Crippen LogP contribution in [0.4, 0.5) is 5.69 Å². The summed E-state index contributed by atoms with van der Waals surface area (Å²) in [6.45, 7) is 0.208. The zero-order valence-electron chi connectivity index (χ0n) is 13.5. The number of hydrogen-bond donors (Lipinski definition) is 2. The van der Waals surface area contributed by atoms with Crippen molar-refractivity contribution in [2.75, 3.05) is 4.72 Å². The third kappa shape index (κ3) is 4.33. The van der Waals surface area contributed by atoms with Crippen molar-refractivity contribution >= 4 is 37.5 Å². The number of hydrogen-bond acceptors (Lipinski definition) is 4. The van der Waals surface area contributed by atoms with E-state index in [9.17, 15) is 13.2 Å². The summed E-state index contributed by atoms with van der Waals surface area (Å²) in [5.74, 6) is 0.196. The molecule has 0 aliphatic carbocycles. The number of amides is 1. The van der Waals surface area contributed by atoms with Gasteiger partial charge in [-0.05, 0) is 48.5 Å². The van der Waals surface area contributed by atoms with E-state index in [-0.39, 0.29) is 22.7 Å². The van der Waals surface area contributed by atoms with E-state index in [0.717, 1.165) is 4.47 Å². The van der Waals surface area contributed by atoms with Gasteiger partial charge in [-0.15, -0.1) is 0 Å². The van der Waals surface area contributed by atoms with E-state index in [1.54, 1.807) is 42.5 Å². The summed E-state index contributed by atoms with van der Waals surface area (Å²) in [7, 11) is -3.81. The van der Waals surface area contributed by atoms with Crippen molar-refractivity contribution in [2.45, 2.75) is 11.4 Å². The molecule has 2 aromatic carbocycles. The topological polar surface area (TPSA) is 88.4 Å². The number of rotatable bonds is 6. The first-order valence-electron chi connectivity index (χ1n) is 7.64. The van der Waals surface area contributed by atoms with Gasteiger partial charge in [0.1, 0.15) is 5.76 Å². The molecule has 26 heavy (non-hydrogen) atoms. The van der Waals surface area contributed by atoms with Crippen molar-refractivity contribution in [1.29, 1.82) is 0 Å². The molecule has 0 aliphatic heterocycles. The van der Waals surface area contributed by atoms with Gasteiger partial charge in [-0.3, -0.25) is 9.52 Å². The van der Waals surface area contributed by atoms with Crippen molar-refractivity contribution in [1.82, 2.24) is 5.32 Å². The maximum Gasteiger partial charge on any atom is 0.261 e. The molecule has 0 atom stereocenters. The van der Waals surface area contributed by atoms with Crippen molar-refractivity contribution < 1.29 is 17.6 Å². The van der Waals surface area contributed by atoms with Crippen LogP contribution in [0.2, 0.25) is 0 Å². The molecule has 1 aromatic heterocycles. The Labute approximate surface area is 159 Å². The number of para-hydroxylation sites is 1. The van der Waals surface area contributed by atoms with Crippen molar-refractivity contribution in [3.8, 4) is 0 Å². The van der Waals surface area contributed by atoms with Crippen LogP contribution < -0.4 is 10.0 Å². The van der Waals surface area contributed by atoms with Gasteiger partial charge in [-0.25, -0.2) is 8.42 Å². The van der Waals surface area contributed by atoms with E-state index in [0.29, 0.717) is 5.76 Å². The number of sulfonamides is 1. The molecule has 3 aromatic rings. The fourth-order valence-corrected chi connectivity index (χ4v) is 3.61. The number of nitrogens with one attached hydrogen (secondary N) is 2. The second kappa shape index (κ2) is 7.76. The van der Waals surface area contributed by atoms with Crippen LogP contribution in [0.5, 0.6) is 0 Å². The van der Waals surface area contributed by atoms with E-state index in [4.69, 9.17) is 4.42 Å². The Hall–Kier alpha value is -2.58. The maximum atomic E-state index is 12.6. The number of furan rings is 1. The van der Waals surface area contributed by atoms with E-state index in [2.05, 4.69) is 26.0 Å². The van der Waals surface area contributed by atoms with Crippen molar-refractivity contribution in [3.63, 3.8) is 0 Å². The van der Waals surface area contributed by atoms with Gasteiger partial charge in [-0.2, -0.15) is 0 Å². The molecule has 134 valence electrons. The van der Waals surface area contributed by atoms with E-state index < -0.39 is 15.9 Å². The van der Waals surface area contributed by atoms with E-state index >= 15 is 0 Å². The molecule has 0 unspecified atom stereocenters. The first-order valence-corrected chi connectivity index (χ1v) is 9.91. The lowest BCUT2D eigenvalue weighted by Crippen LogP contribution is -2.24. The highest BCUT2D eigenvalue weighted by molar-refractivity contribution is 9.10. The molecule has 2 N–H and O–H groups in total. The van der Waals surface area contributed by atoms with Gasteiger partial charge in [0.05, 0.1) is 29.0 Å². The monoisotopic (exact) mass is 434 g/mol. The smallest absolute Gasteiger partial charge is 0.261 e. The van der Waals surface area contributed by atoms with Gasteiger partial charge < -0.3 is 9.73 Å². The summed E-state index contributed by atoms with van der Waals surface area (Å²) in [6, 6.07) is 16.1. The summed E-state index contributed by atoms with van der Waals surface area (Å²) in [5, 5.41) is 2.70. The molecule has 3 rings (SSSR count). The fraction of sp³-hybridized carbons (Fsp3) is 0.0556. The average molecular weight is 435 g/mol. The number of carbonyl (C=O) groups is 1. The highest BCUT2D eigenvalue weighted by atomic mass is 79.9. The first kappa shape index (κ1) is 18.2. The van der Waals surface area contributed by atoms with Gasteiger partial charge in [0.15, 0.2) is 0 Å². The Kier molecular flexibility index (Phi) is 5.43. The fourth-order valence-electron chi connectivity index (χ4n) is 2.26. The van der Waals surface area contributed by atoms with E-state index in [1.165, 1.54) is 24.5 Å². The number of anilines is 1. The molecule has 1 amide bonds. The van der Waals surface area contributed by atoms with Gasteiger partial charge in [0, 0.05) is 4.47 Å². The Balaban J connectivity index is 1.80. The summed E-state index contributed by atoms with van der Waals surface area (Å²) < 4.78 is 33.5. The SMILES string of the molecule is O=C(NCc1ccco1)c1ccccc1NS(=O)(=O)c1ccc(Br)cc1. The van der Waals surface area contributed by atoms with Crippen LogP contribution in [0.3, 0.4) is 0 Å². The lowest BCUT2D eigenvalue weighted by Gasteiger charge is -2.12. The Morgan fingerprint density at radius 3 is 2.42 bits per heavy atom. The summed E-state index contributed by atoms with van der Waals surface area (Å²) in [6.07, 6.45) is 1.52. The Morgan fingerprint density at radius 2 is 1.73 bits per heavy atom. The largest absolute Gasteiger partial charge is 0.467 e. The molecule has 0 fully saturated rings. The molecule has 0 saturated heterocycles. The highest BCUT2D eigenvalue weighted by Gasteiger charge is 2.18. The molecule has 6 nitrogen and oxygen atoms in total. The second-order valence-corrected chi connectivity index (χ2v) is 7.97. The van der Waals surface area contributed by atoms with Crippen LogP contribution in [-0.2, 0) is 16.6 Å². The molecule has 0 spiro atoms. The van der Waals surface area contributed by atoms with Gasteiger partial charge >= 0.3 is 0 Å². The summed E-state index contributed by atoms with van der Waals surface area (Å²) in [4.78, 5) is 12.5. The van der Waals surface area contributed by atoms with Crippen LogP contribution in [-0.4, -0.2) is 14.3 Å². The number of carbonyl (C=O) groups excluding carboxylic acids is 1. The molecule has 0 aliphatic rings. The molecule has 0 radical (unpaired) electrons. The third-order valence-electron chi connectivity index (χ3n) is 3.54. The van der Waals surface area contributed by atoms with Crippen LogP contribution in [0.15, 0.2) is 80.7 Å². The van der Waals surface area contributed by atoms with Crippen molar-refractivity contribution in [3.05, 3.63) is 82.7 Å². The maximum absolute atomic E-state index is 12.6. The summed E-state index contributed by atoms with van der Waals surface area (Å²) >= 11 is 3.27. The van der Waals surface area contributed by atoms with Crippen LogP contribution in [0.1, 0.15) is 16.1 Å². The van der Waals surface area contributed by atoms with Crippen LogP contribution >= 0.6 is 15.9 Å². The molecule has 0 bridgehead atoms. The minimum Gasteiger partial charge on any atom is -0.467 e. The van der Waals surface area contributed by atoms with Gasteiger partial charge in [-0.1, -0.05) is 28.1 Å². The molecule has 0 saturated carbocycles. The predicted molar refractivity (Wildman–Crippen MR) is 101 cm³/mol. The number of benzene rings is 2. The lowest BCUT2D eigenvalue weighted by molar-refractivity contribution is 0.0949. The first-order chi connectivity index (χ1) is 12.5. The second-order valence-electron chi connectivity index (χ2n) is 5.37. The standard InChI is InChI=1S/C18H15BrN2O4S/c19-13-7-9-15(10-8-13)26(23,24)21-17-6-2-1-5-16(17)18(22)20-12-14-4-3-11-25-14/h1-11,21H,12H2,(H,20,22). The highest BCUT2D eigenvalue weighted by Crippen LogP contribution is 2.21. The number of halogens is 1. The molecular weight excluding hydrogens is 420 g/mol.